The van der Waals surface area contributed by atoms with E-state index in [1.165, 1.54) is 12.8 Å². The van der Waals surface area contributed by atoms with E-state index in [1.54, 1.807) is 0 Å². The maximum Gasteiger partial charge on any atom is 0.236 e. The predicted molar refractivity (Wildman–Crippen MR) is 78.4 cm³/mol. The number of carbonyl (C=O) groups excluding carboxylic acids is 1. The van der Waals surface area contributed by atoms with E-state index in [2.05, 4.69) is 19.0 Å². The molecule has 0 radical (unpaired) electrons. The van der Waals surface area contributed by atoms with Gasteiger partial charge < -0.3 is 15.8 Å². The zero-order valence-corrected chi connectivity index (χ0v) is 12.8. The van der Waals surface area contributed by atoms with Crippen LogP contribution in [0.4, 0.5) is 0 Å². The molecule has 0 aliphatic heterocycles. The molecule has 2 aliphatic carbocycles. The third-order valence-corrected chi connectivity index (χ3v) is 5.18. The van der Waals surface area contributed by atoms with E-state index in [9.17, 15) is 4.79 Å². The van der Waals surface area contributed by atoms with Crippen molar-refractivity contribution in [3.63, 3.8) is 0 Å². The molecule has 0 aromatic rings. The Kier molecular flexibility index (Phi) is 4.25. The number of nitrogens with two attached hydrogens (primary N) is 1. The maximum absolute atomic E-state index is 12.9. The molecular weight excluding hydrogens is 254 g/mol. The highest BCUT2D eigenvalue weighted by Crippen LogP contribution is 2.47. The van der Waals surface area contributed by atoms with Gasteiger partial charge in [-0.3, -0.25) is 4.79 Å². The maximum atomic E-state index is 12.9. The third-order valence-electron chi connectivity index (χ3n) is 5.18. The van der Waals surface area contributed by atoms with Crippen molar-refractivity contribution in [3.8, 4) is 0 Å². The molecule has 1 amide bonds. The lowest BCUT2D eigenvalue weighted by Gasteiger charge is -2.47. The first-order valence-corrected chi connectivity index (χ1v) is 7.66. The number of nitrogens with zero attached hydrogens (tertiary/aromatic N) is 2. The van der Waals surface area contributed by atoms with Crippen molar-refractivity contribution in [1.29, 1.82) is 0 Å². The standard InChI is InChI=1S/C15H27N3O2/c1-10-5-4-6-12(7-10)18(3)14(19)15(13(16)17-20)8-11(2)9-15/h10-12,20H,4-9H2,1-3H3,(H2,16,17). The molecule has 0 spiro atoms. The van der Waals surface area contributed by atoms with Crippen LogP contribution < -0.4 is 5.73 Å². The van der Waals surface area contributed by atoms with Gasteiger partial charge in [0.25, 0.3) is 0 Å². The van der Waals surface area contributed by atoms with Crippen molar-refractivity contribution in [2.45, 2.75) is 58.4 Å². The number of rotatable bonds is 3. The number of carbonyl (C=O) groups is 1. The fourth-order valence-electron chi connectivity index (χ4n) is 3.98. The first kappa shape index (κ1) is 15.1. The van der Waals surface area contributed by atoms with Crippen LogP contribution in [0.3, 0.4) is 0 Å². The van der Waals surface area contributed by atoms with Crippen LogP contribution >= 0.6 is 0 Å². The fourth-order valence-corrected chi connectivity index (χ4v) is 3.98. The summed E-state index contributed by atoms with van der Waals surface area (Å²) < 4.78 is 0. The fraction of sp³-hybridized carbons (Fsp3) is 0.867. The van der Waals surface area contributed by atoms with Crippen molar-refractivity contribution in [2.24, 2.45) is 28.1 Å². The molecule has 114 valence electrons. The predicted octanol–water partition coefficient (Wildman–Crippen LogP) is 2.19. The molecule has 2 atom stereocenters. The van der Waals surface area contributed by atoms with Gasteiger partial charge in [-0.25, -0.2) is 0 Å². The molecule has 2 unspecified atom stereocenters. The summed E-state index contributed by atoms with van der Waals surface area (Å²) in [5.41, 5.74) is 5.06. The molecule has 0 heterocycles. The van der Waals surface area contributed by atoms with E-state index in [4.69, 9.17) is 10.9 Å². The van der Waals surface area contributed by atoms with Gasteiger partial charge in [0.05, 0.1) is 0 Å². The van der Waals surface area contributed by atoms with E-state index in [0.29, 0.717) is 30.7 Å². The van der Waals surface area contributed by atoms with E-state index >= 15 is 0 Å². The molecule has 2 saturated carbocycles. The second-order valence-electron chi connectivity index (χ2n) is 6.92. The van der Waals surface area contributed by atoms with E-state index in [1.807, 2.05) is 11.9 Å². The topological polar surface area (TPSA) is 78.9 Å². The van der Waals surface area contributed by atoms with Gasteiger partial charge in [0.1, 0.15) is 5.41 Å². The highest BCUT2D eigenvalue weighted by atomic mass is 16.4. The molecule has 0 aromatic carbocycles. The lowest BCUT2D eigenvalue weighted by molar-refractivity contribution is -0.146. The Bertz CT molecular complexity index is 402. The Hall–Kier alpha value is -1.26. The number of hydrogen-bond donors (Lipinski definition) is 2. The van der Waals surface area contributed by atoms with Crippen molar-refractivity contribution in [3.05, 3.63) is 0 Å². The first-order valence-electron chi connectivity index (χ1n) is 7.66. The van der Waals surface area contributed by atoms with Gasteiger partial charge in [-0.15, -0.1) is 0 Å². The zero-order valence-electron chi connectivity index (χ0n) is 12.8. The summed E-state index contributed by atoms with van der Waals surface area (Å²) in [5.74, 6) is 1.24. The average molecular weight is 281 g/mol. The van der Waals surface area contributed by atoms with Crippen LogP contribution in [0, 0.1) is 17.3 Å². The SMILES string of the molecule is CC1CCCC(N(C)C(=O)C2(C(N)=NO)CC(C)C2)C1. The lowest BCUT2D eigenvalue weighted by atomic mass is 9.61. The largest absolute Gasteiger partial charge is 0.409 e. The molecular formula is C15H27N3O2. The number of hydrogen-bond acceptors (Lipinski definition) is 3. The van der Waals surface area contributed by atoms with Crippen LogP contribution in [0.1, 0.15) is 52.4 Å². The second kappa shape index (κ2) is 5.62. The number of amides is 1. The molecule has 2 fully saturated rings. The number of amidine groups is 1. The van der Waals surface area contributed by atoms with Crippen LogP contribution in [0.15, 0.2) is 5.16 Å². The Balaban J connectivity index is 2.12. The molecule has 0 saturated heterocycles. The first-order chi connectivity index (χ1) is 9.40. The van der Waals surface area contributed by atoms with E-state index in [-0.39, 0.29) is 11.7 Å². The molecule has 2 aliphatic rings. The van der Waals surface area contributed by atoms with Crippen LogP contribution in [-0.2, 0) is 4.79 Å². The summed E-state index contributed by atoms with van der Waals surface area (Å²) in [6, 6.07) is 0.297. The summed E-state index contributed by atoms with van der Waals surface area (Å²) in [7, 11) is 1.88. The van der Waals surface area contributed by atoms with Gasteiger partial charge in [-0.05, 0) is 37.5 Å². The summed E-state index contributed by atoms with van der Waals surface area (Å²) in [6.45, 7) is 4.34. The van der Waals surface area contributed by atoms with Crippen LogP contribution in [0.2, 0.25) is 0 Å². The Labute approximate surface area is 121 Å². The van der Waals surface area contributed by atoms with E-state index in [0.717, 1.165) is 12.8 Å². The van der Waals surface area contributed by atoms with Gasteiger partial charge in [0, 0.05) is 13.1 Å². The molecule has 3 N–H and O–H groups in total. The van der Waals surface area contributed by atoms with Crippen molar-refractivity contribution in [2.75, 3.05) is 7.05 Å². The van der Waals surface area contributed by atoms with Crippen LogP contribution in [0.25, 0.3) is 0 Å². The molecule has 5 heteroatoms. The summed E-state index contributed by atoms with van der Waals surface area (Å²) >= 11 is 0. The normalized spacial score (nSPS) is 38.1. The number of oxime groups is 1. The molecule has 0 bridgehead atoms. The minimum atomic E-state index is -0.760. The van der Waals surface area contributed by atoms with Crippen LogP contribution in [0.5, 0.6) is 0 Å². The van der Waals surface area contributed by atoms with Gasteiger partial charge in [-0.2, -0.15) is 0 Å². The van der Waals surface area contributed by atoms with Crippen LogP contribution in [-0.4, -0.2) is 34.9 Å². The highest BCUT2D eigenvalue weighted by molar-refractivity contribution is 6.07. The summed E-state index contributed by atoms with van der Waals surface area (Å²) in [4.78, 5) is 14.7. The minimum Gasteiger partial charge on any atom is -0.409 e. The highest BCUT2D eigenvalue weighted by Gasteiger charge is 2.54. The minimum absolute atomic E-state index is 0.0324. The monoisotopic (exact) mass is 281 g/mol. The summed E-state index contributed by atoms with van der Waals surface area (Å²) in [6.07, 6.45) is 5.93. The van der Waals surface area contributed by atoms with Crippen molar-refractivity contribution in [1.82, 2.24) is 4.90 Å². The quantitative estimate of drug-likeness (QED) is 0.360. The average Bonchev–Trinajstić information content (AvgIpc) is 2.41. The van der Waals surface area contributed by atoms with Crippen molar-refractivity contribution >= 4 is 11.7 Å². The molecule has 5 nitrogen and oxygen atoms in total. The summed E-state index contributed by atoms with van der Waals surface area (Å²) in [5, 5.41) is 12.1. The van der Waals surface area contributed by atoms with Crippen molar-refractivity contribution < 1.29 is 10.0 Å². The third kappa shape index (κ3) is 2.50. The molecule has 2 rings (SSSR count). The van der Waals surface area contributed by atoms with Gasteiger partial charge in [0.15, 0.2) is 5.84 Å². The van der Waals surface area contributed by atoms with E-state index < -0.39 is 5.41 Å². The zero-order chi connectivity index (χ0) is 14.9. The Morgan fingerprint density at radius 2 is 1.95 bits per heavy atom. The molecule has 20 heavy (non-hydrogen) atoms. The smallest absolute Gasteiger partial charge is 0.236 e. The Morgan fingerprint density at radius 1 is 1.30 bits per heavy atom. The van der Waals surface area contributed by atoms with Gasteiger partial charge in [0.2, 0.25) is 5.91 Å². The second-order valence-corrected chi connectivity index (χ2v) is 6.92. The Morgan fingerprint density at radius 3 is 2.45 bits per heavy atom. The van der Waals surface area contributed by atoms with Gasteiger partial charge in [-0.1, -0.05) is 31.8 Å². The van der Waals surface area contributed by atoms with Gasteiger partial charge >= 0.3 is 0 Å². The molecule has 0 aromatic heterocycles. The lowest BCUT2D eigenvalue weighted by Crippen LogP contribution is -2.59.